The Hall–Kier alpha value is -0.830. The normalized spacial score (nSPS) is 11.0. The largest absolute Gasteiger partial charge is 0.335 e. The van der Waals surface area contributed by atoms with Gasteiger partial charge in [-0.15, -0.1) is 0 Å². The van der Waals surface area contributed by atoms with Crippen LogP contribution in [-0.4, -0.2) is 35.1 Å². The van der Waals surface area contributed by atoms with Crippen LogP contribution in [0.1, 0.15) is 12.1 Å². The van der Waals surface area contributed by atoms with Crippen LogP contribution in [0.15, 0.2) is 12.5 Å². The number of rotatable bonds is 4. The molecule has 0 unspecified atom stereocenters. The van der Waals surface area contributed by atoms with Crippen molar-refractivity contribution in [3.8, 4) is 0 Å². The van der Waals surface area contributed by atoms with Gasteiger partial charge in [-0.2, -0.15) is 0 Å². The number of nitrogens with zero attached hydrogens (tertiary/aromatic N) is 3. The van der Waals surface area contributed by atoms with Gasteiger partial charge < -0.3 is 9.47 Å². The van der Waals surface area contributed by atoms with Crippen molar-refractivity contribution in [1.82, 2.24) is 14.5 Å². The van der Waals surface area contributed by atoms with Crippen molar-refractivity contribution in [2.24, 2.45) is 0 Å². The highest BCUT2D eigenvalue weighted by molar-refractivity contribution is 4.93. The predicted octanol–water partition coefficient (Wildman–Crippen LogP) is 1.14. The first-order valence-corrected chi connectivity index (χ1v) is 4.31. The summed E-state index contributed by atoms with van der Waals surface area (Å²) in [6.07, 6.45) is 4.98. The summed E-state index contributed by atoms with van der Waals surface area (Å²) in [7, 11) is 4.20. The molecule has 0 saturated heterocycles. The molecular weight excluding hydrogens is 150 g/mol. The van der Waals surface area contributed by atoms with Crippen LogP contribution < -0.4 is 0 Å². The zero-order valence-electron chi connectivity index (χ0n) is 8.12. The van der Waals surface area contributed by atoms with Gasteiger partial charge in [0, 0.05) is 18.4 Å². The highest BCUT2D eigenvalue weighted by Crippen LogP contribution is 1.98. The number of hydrogen-bond acceptors (Lipinski definition) is 2. The molecule has 0 fully saturated rings. The molecule has 1 aromatic heterocycles. The molecule has 0 aliphatic carbocycles. The molecule has 0 atom stereocenters. The van der Waals surface area contributed by atoms with Crippen LogP contribution in [0.3, 0.4) is 0 Å². The molecule has 1 heterocycles. The second kappa shape index (κ2) is 4.26. The zero-order valence-corrected chi connectivity index (χ0v) is 8.12. The Bertz CT molecular complexity index is 227. The van der Waals surface area contributed by atoms with Gasteiger partial charge in [0.2, 0.25) is 0 Å². The summed E-state index contributed by atoms with van der Waals surface area (Å²) in [4.78, 5) is 6.27. The Kier molecular flexibility index (Phi) is 3.29. The quantitative estimate of drug-likeness (QED) is 0.670. The lowest BCUT2D eigenvalue weighted by Crippen LogP contribution is -2.15. The maximum absolute atomic E-state index is 4.07. The number of imidazole rings is 1. The molecule has 0 spiro atoms. The Morgan fingerprint density at radius 3 is 2.75 bits per heavy atom. The van der Waals surface area contributed by atoms with Gasteiger partial charge in [0.25, 0.3) is 0 Å². The lowest BCUT2D eigenvalue weighted by molar-refractivity contribution is 0.385. The molecule has 0 saturated carbocycles. The minimum Gasteiger partial charge on any atom is -0.335 e. The molecule has 0 aliphatic rings. The van der Waals surface area contributed by atoms with Gasteiger partial charge >= 0.3 is 0 Å². The van der Waals surface area contributed by atoms with Crippen molar-refractivity contribution >= 4 is 0 Å². The van der Waals surface area contributed by atoms with E-state index in [-0.39, 0.29) is 0 Å². The fraction of sp³-hybridized carbons (Fsp3) is 0.667. The van der Waals surface area contributed by atoms with E-state index in [1.54, 1.807) is 0 Å². The Labute approximate surface area is 74.0 Å². The average molecular weight is 167 g/mol. The van der Waals surface area contributed by atoms with E-state index in [0.717, 1.165) is 13.1 Å². The van der Waals surface area contributed by atoms with Crippen LogP contribution in [0, 0.1) is 6.92 Å². The molecule has 0 bridgehead atoms. The molecule has 68 valence electrons. The highest BCUT2D eigenvalue weighted by Gasteiger charge is 1.95. The van der Waals surface area contributed by atoms with E-state index in [1.807, 2.05) is 12.5 Å². The number of aryl methyl sites for hydroxylation is 2. The molecule has 0 amide bonds. The number of hydrogen-bond donors (Lipinski definition) is 0. The molecule has 3 heteroatoms. The molecular formula is C9H17N3. The lowest BCUT2D eigenvalue weighted by atomic mass is 10.4. The standard InChI is InChI=1S/C9H17N3/c1-9-7-10-8-12(9)6-4-5-11(2)3/h7-8H,4-6H2,1-3H3. The van der Waals surface area contributed by atoms with E-state index in [0.29, 0.717) is 0 Å². The van der Waals surface area contributed by atoms with Crippen LogP contribution in [-0.2, 0) is 6.54 Å². The summed E-state index contributed by atoms with van der Waals surface area (Å²) in [6.45, 7) is 4.30. The van der Waals surface area contributed by atoms with Crippen LogP contribution in [0.4, 0.5) is 0 Å². The molecule has 0 radical (unpaired) electrons. The first-order valence-electron chi connectivity index (χ1n) is 4.31. The smallest absolute Gasteiger partial charge is 0.0948 e. The second-order valence-corrected chi connectivity index (χ2v) is 3.39. The highest BCUT2D eigenvalue weighted by atomic mass is 15.1. The number of aromatic nitrogens is 2. The van der Waals surface area contributed by atoms with Gasteiger partial charge in [0.1, 0.15) is 0 Å². The summed E-state index contributed by atoms with van der Waals surface area (Å²) < 4.78 is 2.18. The van der Waals surface area contributed by atoms with Gasteiger partial charge in [-0.3, -0.25) is 0 Å². The molecule has 0 aliphatic heterocycles. The van der Waals surface area contributed by atoms with E-state index in [4.69, 9.17) is 0 Å². The van der Waals surface area contributed by atoms with Crippen molar-refractivity contribution in [2.45, 2.75) is 19.9 Å². The van der Waals surface area contributed by atoms with E-state index in [1.165, 1.54) is 12.1 Å². The van der Waals surface area contributed by atoms with Gasteiger partial charge in [-0.25, -0.2) is 4.98 Å². The van der Waals surface area contributed by atoms with E-state index < -0.39 is 0 Å². The van der Waals surface area contributed by atoms with Crippen molar-refractivity contribution in [1.29, 1.82) is 0 Å². The van der Waals surface area contributed by atoms with Crippen LogP contribution in [0.5, 0.6) is 0 Å². The molecule has 0 N–H and O–H groups in total. The van der Waals surface area contributed by atoms with E-state index in [2.05, 4.69) is 35.5 Å². The Balaban J connectivity index is 2.29. The van der Waals surface area contributed by atoms with Crippen molar-refractivity contribution in [2.75, 3.05) is 20.6 Å². The topological polar surface area (TPSA) is 21.1 Å². The first-order chi connectivity index (χ1) is 5.70. The van der Waals surface area contributed by atoms with E-state index >= 15 is 0 Å². The molecule has 1 rings (SSSR count). The van der Waals surface area contributed by atoms with Gasteiger partial charge in [0.15, 0.2) is 0 Å². The van der Waals surface area contributed by atoms with Gasteiger partial charge in [-0.05, 0) is 34.0 Å². The third-order valence-electron chi connectivity index (χ3n) is 1.92. The fourth-order valence-corrected chi connectivity index (χ4v) is 1.18. The summed E-state index contributed by atoms with van der Waals surface area (Å²) in [6, 6.07) is 0. The Morgan fingerprint density at radius 1 is 1.50 bits per heavy atom. The molecule has 12 heavy (non-hydrogen) atoms. The van der Waals surface area contributed by atoms with Crippen molar-refractivity contribution in [3.63, 3.8) is 0 Å². The minimum absolute atomic E-state index is 1.07. The van der Waals surface area contributed by atoms with Crippen LogP contribution in [0.2, 0.25) is 0 Å². The monoisotopic (exact) mass is 167 g/mol. The average Bonchev–Trinajstić information content (AvgIpc) is 2.36. The molecule has 1 aromatic rings. The predicted molar refractivity (Wildman–Crippen MR) is 50.1 cm³/mol. The molecule has 3 nitrogen and oxygen atoms in total. The summed E-state index contributed by atoms with van der Waals surface area (Å²) in [5.41, 5.74) is 1.24. The molecule has 0 aromatic carbocycles. The summed E-state index contributed by atoms with van der Waals surface area (Å²) in [5.74, 6) is 0. The second-order valence-electron chi connectivity index (χ2n) is 3.39. The maximum Gasteiger partial charge on any atom is 0.0948 e. The summed E-state index contributed by atoms with van der Waals surface area (Å²) >= 11 is 0. The summed E-state index contributed by atoms with van der Waals surface area (Å²) in [5, 5.41) is 0. The van der Waals surface area contributed by atoms with Crippen LogP contribution >= 0.6 is 0 Å². The van der Waals surface area contributed by atoms with E-state index in [9.17, 15) is 0 Å². The van der Waals surface area contributed by atoms with Gasteiger partial charge in [0.05, 0.1) is 6.33 Å². The van der Waals surface area contributed by atoms with Crippen molar-refractivity contribution in [3.05, 3.63) is 18.2 Å². The first kappa shape index (κ1) is 9.26. The lowest BCUT2D eigenvalue weighted by Gasteiger charge is -2.09. The fourth-order valence-electron chi connectivity index (χ4n) is 1.18. The SMILES string of the molecule is Cc1cncn1CCCN(C)C. The van der Waals surface area contributed by atoms with Crippen LogP contribution in [0.25, 0.3) is 0 Å². The maximum atomic E-state index is 4.07. The van der Waals surface area contributed by atoms with Gasteiger partial charge in [-0.1, -0.05) is 0 Å². The third kappa shape index (κ3) is 2.66. The third-order valence-corrected chi connectivity index (χ3v) is 1.92. The van der Waals surface area contributed by atoms with Crippen molar-refractivity contribution < 1.29 is 0 Å². The minimum atomic E-state index is 1.07. The zero-order chi connectivity index (χ0) is 8.97. The Morgan fingerprint density at radius 2 is 2.25 bits per heavy atom.